The zero-order chi connectivity index (χ0) is 27.2. The molecule has 5 rings (SSSR count). The van der Waals surface area contributed by atoms with Gasteiger partial charge in [-0.05, 0) is 54.4 Å². The number of tetrazole rings is 1. The molecule has 4 aromatic rings. The van der Waals surface area contributed by atoms with Crippen molar-refractivity contribution in [3.05, 3.63) is 70.5 Å². The minimum Gasteiger partial charge on any atom is -0.296 e. The molecule has 3 aromatic heterocycles. The Hall–Kier alpha value is -3.55. The Kier molecular flexibility index (Phi) is 8.69. The highest BCUT2D eigenvalue weighted by Crippen LogP contribution is 2.36. The number of hydrogen-bond donors (Lipinski definition) is 1. The molecule has 0 spiro atoms. The van der Waals surface area contributed by atoms with E-state index in [4.69, 9.17) is 4.98 Å². The van der Waals surface area contributed by atoms with Crippen LogP contribution in [0, 0.1) is 11.8 Å². The van der Waals surface area contributed by atoms with Crippen LogP contribution in [0.3, 0.4) is 0 Å². The summed E-state index contributed by atoms with van der Waals surface area (Å²) < 4.78 is 4.10. The van der Waals surface area contributed by atoms with Crippen molar-refractivity contribution in [3.8, 4) is 22.6 Å². The molecule has 1 fully saturated rings. The summed E-state index contributed by atoms with van der Waals surface area (Å²) in [6.45, 7) is 7.38. The summed E-state index contributed by atoms with van der Waals surface area (Å²) in [7, 11) is 0. The summed E-state index contributed by atoms with van der Waals surface area (Å²) in [4.78, 5) is 18.8. The van der Waals surface area contributed by atoms with Gasteiger partial charge in [0.05, 0.1) is 12.2 Å². The molecule has 0 radical (unpaired) electrons. The molecule has 1 aliphatic rings. The quantitative estimate of drug-likeness (QED) is 0.270. The second-order valence-corrected chi connectivity index (χ2v) is 11.3. The van der Waals surface area contributed by atoms with Gasteiger partial charge in [0.2, 0.25) is 5.82 Å². The van der Waals surface area contributed by atoms with Gasteiger partial charge in [-0.2, -0.15) is 5.21 Å². The predicted octanol–water partition coefficient (Wildman–Crippen LogP) is 6.45. The van der Waals surface area contributed by atoms with Crippen molar-refractivity contribution in [2.45, 2.75) is 91.1 Å². The van der Waals surface area contributed by atoms with Gasteiger partial charge in [0.1, 0.15) is 0 Å². The van der Waals surface area contributed by atoms with Gasteiger partial charge >= 0.3 is 5.69 Å². The van der Waals surface area contributed by atoms with Crippen LogP contribution in [0.25, 0.3) is 22.6 Å². The van der Waals surface area contributed by atoms with Crippen LogP contribution < -0.4 is 5.69 Å². The molecule has 8 heteroatoms. The zero-order valence-corrected chi connectivity index (χ0v) is 23.5. The monoisotopic (exact) mass is 527 g/mol. The molecular formula is C31H41N7O. The number of hydrogen-bond acceptors (Lipinski definition) is 5. The Bertz CT molecular complexity index is 1390. The minimum absolute atomic E-state index is 0.129. The Balaban J connectivity index is 1.45. The highest BCUT2D eigenvalue weighted by molar-refractivity contribution is 5.78. The smallest absolute Gasteiger partial charge is 0.296 e. The third-order valence-electron chi connectivity index (χ3n) is 8.32. The third-order valence-corrected chi connectivity index (χ3v) is 8.32. The number of aromatic nitrogens is 7. The van der Waals surface area contributed by atoms with Crippen molar-refractivity contribution in [2.24, 2.45) is 11.8 Å². The SMILES string of the molecule is CCCCc1cn(C2CCCCCCC2C(C)C)c(=O)n1Cc1ccc(-c2ccccc2-c2nn[nH]n2)nc1. The van der Waals surface area contributed by atoms with E-state index in [-0.39, 0.29) is 11.7 Å². The first kappa shape index (κ1) is 27.0. The fraction of sp³-hybridized carbons (Fsp3) is 0.516. The molecule has 0 saturated heterocycles. The van der Waals surface area contributed by atoms with E-state index < -0.39 is 0 Å². The maximum absolute atomic E-state index is 14.0. The summed E-state index contributed by atoms with van der Waals surface area (Å²) in [5.41, 5.74) is 4.94. The third kappa shape index (κ3) is 6.05. The number of aromatic amines is 1. The van der Waals surface area contributed by atoms with Crippen molar-refractivity contribution in [1.29, 1.82) is 0 Å². The number of H-pyrrole nitrogens is 1. The van der Waals surface area contributed by atoms with Crippen LogP contribution in [0.15, 0.2) is 53.6 Å². The summed E-state index contributed by atoms with van der Waals surface area (Å²) in [6, 6.07) is 12.3. The highest BCUT2D eigenvalue weighted by atomic mass is 16.1. The number of unbranched alkanes of at least 4 members (excludes halogenated alkanes) is 1. The maximum Gasteiger partial charge on any atom is 0.328 e. The summed E-state index contributed by atoms with van der Waals surface area (Å²) >= 11 is 0. The van der Waals surface area contributed by atoms with Crippen LogP contribution in [0.1, 0.15) is 89.4 Å². The van der Waals surface area contributed by atoms with E-state index in [1.807, 2.05) is 41.1 Å². The molecule has 3 heterocycles. The number of rotatable bonds is 9. The van der Waals surface area contributed by atoms with E-state index in [0.717, 1.165) is 53.8 Å². The fourth-order valence-corrected chi connectivity index (χ4v) is 6.17. The molecule has 1 saturated carbocycles. The summed E-state index contributed by atoms with van der Waals surface area (Å²) in [6.07, 6.45) is 14.5. The molecule has 1 aliphatic carbocycles. The van der Waals surface area contributed by atoms with Gasteiger partial charge in [0, 0.05) is 35.3 Å². The van der Waals surface area contributed by atoms with E-state index >= 15 is 0 Å². The maximum atomic E-state index is 14.0. The average Bonchev–Trinajstić information content (AvgIpc) is 3.57. The van der Waals surface area contributed by atoms with Gasteiger partial charge in [-0.1, -0.05) is 83.2 Å². The summed E-state index contributed by atoms with van der Waals surface area (Å²) in [5, 5.41) is 14.5. The van der Waals surface area contributed by atoms with Crippen LogP contribution >= 0.6 is 0 Å². The van der Waals surface area contributed by atoms with Crippen LogP contribution in [-0.2, 0) is 13.0 Å². The molecule has 8 nitrogen and oxygen atoms in total. The largest absolute Gasteiger partial charge is 0.328 e. The molecule has 2 atom stereocenters. The molecule has 206 valence electrons. The number of nitrogens with zero attached hydrogens (tertiary/aromatic N) is 6. The highest BCUT2D eigenvalue weighted by Gasteiger charge is 2.29. The molecule has 1 aromatic carbocycles. The van der Waals surface area contributed by atoms with Gasteiger partial charge in [-0.3, -0.25) is 14.1 Å². The van der Waals surface area contributed by atoms with Crippen molar-refractivity contribution in [3.63, 3.8) is 0 Å². The van der Waals surface area contributed by atoms with Gasteiger partial charge in [-0.25, -0.2) is 4.79 Å². The first-order valence-electron chi connectivity index (χ1n) is 14.7. The van der Waals surface area contributed by atoms with Crippen LogP contribution in [0.4, 0.5) is 0 Å². The first-order valence-corrected chi connectivity index (χ1v) is 14.7. The molecular weight excluding hydrogens is 486 g/mol. The van der Waals surface area contributed by atoms with Crippen LogP contribution in [0.5, 0.6) is 0 Å². The topological polar surface area (TPSA) is 94.3 Å². The van der Waals surface area contributed by atoms with E-state index in [1.165, 1.54) is 32.1 Å². The van der Waals surface area contributed by atoms with Gasteiger partial charge < -0.3 is 0 Å². The molecule has 1 N–H and O–H groups in total. The second kappa shape index (κ2) is 12.5. The zero-order valence-electron chi connectivity index (χ0n) is 23.5. The van der Waals surface area contributed by atoms with E-state index in [1.54, 1.807) is 0 Å². The van der Waals surface area contributed by atoms with E-state index in [9.17, 15) is 4.79 Å². The first-order chi connectivity index (χ1) is 19.1. The molecule has 0 bridgehead atoms. The molecule has 0 amide bonds. The number of imidazole rings is 1. The molecule has 0 aliphatic heterocycles. The Morgan fingerprint density at radius 1 is 1.03 bits per heavy atom. The predicted molar refractivity (Wildman–Crippen MR) is 154 cm³/mol. The standard InChI is InChI=1S/C31H41N7O/c1-4-5-12-24-21-38(29-16-9-7-6-8-13-25(29)22(2)3)31(39)37(24)20-23-17-18-28(32-19-23)26-14-10-11-15-27(26)30-33-35-36-34-30/h10-11,14-15,17-19,21-22,25,29H,4-9,12-13,16,20H2,1-3H3,(H,33,34,35,36). The van der Waals surface area contributed by atoms with Crippen molar-refractivity contribution < 1.29 is 0 Å². The lowest BCUT2D eigenvalue weighted by Crippen LogP contribution is -2.33. The lowest BCUT2D eigenvalue weighted by Gasteiger charge is -2.32. The minimum atomic E-state index is 0.129. The van der Waals surface area contributed by atoms with Crippen molar-refractivity contribution in [2.75, 3.05) is 0 Å². The molecule has 39 heavy (non-hydrogen) atoms. The van der Waals surface area contributed by atoms with Gasteiger partial charge in [0.15, 0.2) is 0 Å². The second-order valence-electron chi connectivity index (χ2n) is 11.3. The van der Waals surface area contributed by atoms with Crippen LogP contribution in [0.2, 0.25) is 0 Å². The van der Waals surface area contributed by atoms with Gasteiger partial charge in [-0.15, -0.1) is 10.2 Å². The Morgan fingerprint density at radius 2 is 1.82 bits per heavy atom. The Labute approximate surface area is 230 Å². The number of aryl methyl sites for hydroxylation is 1. The normalized spacial score (nSPS) is 18.3. The number of nitrogens with one attached hydrogen (secondary N) is 1. The van der Waals surface area contributed by atoms with E-state index in [2.05, 4.69) is 58.2 Å². The molecule has 2 unspecified atom stereocenters. The number of pyridine rings is 1. The van der Waals surface area contributed by atoms with E-state index in [0.29, 0.717) is 24.2 Å². The Morgan fingerprint density at radius 3 is 2.51 bits per heavy atom. The van der Waals surface area contributed by atoms with Crippen molar-refractivity contribution in [1.82, 2.24) is 34.7 Å². The lowest BCUT2D eigenvalue weighted by atomic mass is 9.80. The number of benzene rings is 1. The van der Waals surface area contributed by atoms with Gasteiger partial charge in [0.25, 0.3) is 0 Å². The van der Waals surface area contributed by atoms with Crippen LogP contribution in [-0.4, -0.2) is 34.7 Å². The average molecular weight is 528 g/mol. The summed E-state index contributed by atoms with van der Waals surface area (Å²) in [5.74, 6) is 1.64. The van der Waals surface area contributed by atoms with Crippen molar-refractivity contribution >= 4 is 0 Å². The lowest BCUT2D eigenvalue weighted by molar-refractivity contribution is 0.200. The fourth-order valence-electron chi connectivity index (χ4n) is 6.17.